The molecule has 0 bridgehead atoms. The van der Waals surface area contributed by atoms with Crippen LogP contribution in [0, 0.1) is 0 Å². The van der Waals surface area contributed by atoms with Crippen molar-refractivity contribution in [2.24, 2.45) is 0 Å². The van der Waals surface area contributed by atoms with Crippen LogP contribution in [0.1, 0.15) is 38.2 Å². The second kappa shape index (κ2) is 8.01. The van der Waals surface area contributed by atoms with E-state index >= 15 is 0 Å². The van der Waals surface area contributed by atoms with E-state index in [1.54, 1.807) is 0 Å². The van der Waals surface area contributed by atoms with Crippen LogP contribution < -0.4 is 10.1 Å². The number of nitrogens with one attached hydrogen (secondary N) is 1. The molecule has 0 spiro atoms. The molecule has 2 rings (SSSR count). The Kier molecular flexibility index (Phi) is 6.33. The fourth-order valence-electron chi connectivity index (χ4n) is 2.40. The zero-order valence-electron chi connectivity index (χ0n) is 12.3. The molecule has 0 saturated carbocycles. The molecule has 112 valence electrons. The SMILES string of the molecule is CC(C)c1cc(Br)ccc1OCCNC[C@@H]1CCCO1. The summed E-state index contributed by atoms with van der Waals surface area (Å²) in [4.78, 5) is 0. The van der Waals surface area contributed by atoms with E-state index < -0.39 is 0 Å². The lowest BCUT2D eigenvalue weighted by atomic mass is 10.0. The van der Waals surface area contributed by atoms with Crippen molar-refractivity contribution in [1.29, 1.82) is 0 Å². The molecule has 1 heterocycles. The summed E-state index contributed by atoms with van der Waals surface area (Å²) in [5.41, 5.74) is 1.25. The summed E-state index contributed by atoms with van der Waals surface area (Å²) in [6, 6.07) is 6.21. The van der Waals surface area contributed by atoms with E-state index in [1.165, 1.54) is 18.4 Å². The molecule has 0 aromatic heterocycles. The summed E-state index contributed by atoms with van der Waals surface area (Å²) >= 11 is 3.51. The predicted molar refractivity (Wildman–Crippen MR) is 85.6 cm³/mol. The van der Waals surface area contributed by atoms with Crippen LogP contribution in [0.2, 0.25) is 0 Å². The third-order valence-corrected chi connectivity index (χ3v) is 4.02. The minimum Gasteiger partial charge on any atom is -0.492 e. The predicted octanol–water partition coefficient (Wildman–Crippen LogP) is 3.72. The third kappa shape index (κ3) is 4.76. The molecule has 1 saturated heterocycles. The molecule has 1 N–H and O–H groups in total. The van der Waals surface area contributed by atoms with Gasteiger partial charge in [-0.2, -0.15) is 0 Å². The van der Waals surface area contributed by atoms with Crippen LogP contribution in [-0.4, -0.2) is 32.4 Å². The molecule has 1 aromatic rings. The van der Waals surface area contributed by atoms with Crippen LogP contribution in [-0.2, 0) is 4.74 Å². The molecular formula is C16H24BrNO2. The van der Waals surface area contributed by atoms with Gasteiger partial charge in [-0.05, 0) is 42.5 Å². The van der Waals surface area contributed by atoms with Crippen molar-refractivity contribution in [1.82, 2.24) is 5.32 Å². The Morgan fingerprint density at radius 2 is 2.30 bits per heavy atom. The van der Waals surface area contributed by atoms with E-state index in [1.807, 2.05) is 12.1 Å². The van der Waals surface area contributed by atoms with Crippen LogP contribution in [0.3, 0.4) is 0 Å². The largest absolute Gasteiger partial charge is 0.492 e. The zero-order valence-corrected chi connectivity index (χ0v) is 13.9. The quantitative estimate of drug-likeness (QED) is 0.766. The van der Waals surface area contributed by atoms with Crippen molar-refractivity contribution in [2.75, 3.05) is 26.3 Å². The lowest BCUT2D eigenvalue weighted by Crippen LogP contribution is -2.29. The minimum atomic E-state index is 0.397. The van der Waals surface area contributed by atoms with E-state index in [0.717, 1.165) is 29.9 Å². The molecule has 1 aliphatic rings. The smallest absolute Gasteiger partial charge is 0.122 e. The van der Waals surface area contributed by atoms with Crippen molar-refractivity contribution in [3.8, 4) is 5.75 Å². The van der Waals surface area contributed by atoms with E-state index in [0.29, 0.717) is 18.6 Å². The summed E-state index contributed by atoms with van der Waals surface area (Å²) < 4.78 is 12.6. The molecular weight excluding hydrogens is 318 g/mol. The van der Waals surface area contributed by atoms with E-state index in [2.05, 4.69) is 41.2 Å². The van der Waals surface area contributed by atoms with Gasteiger partial charge in [0, 0.05) is 24.2 Å². The Balaban J connectivity index is 1.73. The van der Waals surface area contributed by atoms with E-state index in [4.69, 9.17) is 9.47 Å². The van der Waals surface area contributed by atoms with Crippen LogP contribution in [0.5, 0.6) is 5.75 Å². The lowest BCUT2D eigenvalue weighted by molar-refractivity contribution is 0.109. The first-order chi connectivity index (χ1) is 9.66. The second-order valence-electron chi connectivity index (χ2n) is 5.52. The average molecular weight is 342 g/mol. The number of rotatable bonds is 7. The van der Waals surface area contributed by atoms with E-state index in [-0.39, 0.29) is 0 Å². The first-order valence-electron chi connectivity index (χ1n) is 7.41. The zero-order chi connectivity index (χ0) is 14.4. The molecule has 0 radical (unpaired) electrons. The fourth-order valence-corrected chi connectivity index (χ4v) is 2.78. The lowest BCUT2D eigenvalue weighted by Gasteiger charge is -2.15. The van der Waals surface area contributed by atoms with Crippen molar-refractivity contribution >= 4 is 15.9 Å². The average Bonchev–Trinajstić information content (AvgIpc) is 2.92. The number of benzene rings is 1. The van der Waals surface area contributed by atoms with Crippen molar-refractivity contribution in [3.63, 3.8) is 0 Å². The normalized spacial score (nSPS) is 18.7. The van der Waals surface area contributed by atoms with Gasteiger partial charge in [0.1, 0.15) is 12.4 Å². The maximum Gasteiger partial charge on any atom is 0.122 e. The highest BCUT2D eigenvalue weighted by Crippen LogP contribution is 2.29. The first kappa shape index (κ1) is 15.8. The molecule has 1 aliphatic heterocycles. The highest BCUT2D eigenvalue weighted by molar-refractivity contribution is 9.10. The van der Waals surface area contributed by atoms with Crippen LogP contribution >= 0.6 is 15.9 Å². The Morgan fingerprint density at radius 3 is 3.00 bits per heavy atom. The van der Waals surface area contributed by atoms with Gasteiger partial charge < -0.3 is 14.8 Å². The monoisotopic (exact) mass is 341 g/mol. The molecule has 1 fully saturated rings. The minimum absolute atomic E-state index is 0.397. The maximum atomic E-state index is 5.89. The Hall–Kier alpha value is -0.580. The summed E-state index contributed by atoms with van der Waals surface area (Å²) in [7, 11) is 0. The molecule has 0 aliphatic carbocycles. The van der Waals surface area contributed by atoms with Crippen molar-refractivity contribution in [3.05, 3.63) is 28.2 Å². The van der Waals surface area contributed by atoms with E-state index in [9.17, 15) is 0 Å². The Bertz CT molecular complexity index is 417. The van der Waals surface area contributed by atoms with Crippen molar-refractivity contribution < 1.29 is 9.47 Å². The summed E-state index contributed by atoms with van der Waals surface area (Å²) in [5.74, 6) is 1.45. The fraction of sp³-hybridized carbons (Fsp3) is 0.625. The number of hydrogen-bond acceptors (Lipinski definition) is 3. The summed E-state index contributed by atoms with van der Waals surface area (Å²) in [6.45, 7) is 7.76. The van der Waals surface area contributed by atoms with Gasteiger partial charge in [-0.15, -0.1) is 0 Å². The van der Waals surface area contributed by atoms with Crippen LogP contribution in [0.25, 0.3) is 0 Å². The molecule has 20 heavy (non-hydrogen) atoms. The topological polar surface area (TPSA) is 30.5 Å². The Morgan fingerprint density at radius 1 is 1.45 bits per heavy atom. The maximum absolute atomic E-state index is 5.89. The highest BCUT2D eigenvalue weighted by atomic mass is 79.9. The number of ether oxygens (including phenoxy) is 2. The standard InChI is InChI=1S/C16H24BrNO2/c1-12(2)15-10-13(17)5-6-16(15)20-9-7-18-11-14-4-3-8-19-14/h5-6,10,12,14,18H,3-4,7-9,11H2,1-2H3/t14-/m0/s1. The van der Waals surface area contributed by atoms with Gasteiger partial charge in [-0.25, -0.2) is 0 Å². The van der Waals surface area contributed by atoms with Gasteiger partial charge in [0.2, 0.25) is 0 Å². The molecule has 0 amide bonds. The Labute approximate surface area is 130 Å². The second-order valence-corrected chi connectivity index (χ2v) is 6.44. The highest BCUT2D eigenvalue weighted by Gasteiger charge is 2.14. The van der Waals surface area contributed by atoms with Crippen LogP contribution in [0.4, 0.5) is 0 Å². The molecule has 1 atom stereocenters. The summed E-state index contributed by atoms with van der Waals surface area (Å²) in [6.07, 6.45) is 2.77. The van der Waals surface area contributed by atoms with Gasteiger partial charge in [-0.1, -0.05) is 29.8 Å². The molecule has 1 aromatic carbocycles. The summed E-state index contributed by atoms with van der Waals surface area (Å²) in [5, 5.41) is 3.40. The molecule has 4 heteroatoms. The molecule has 0 unspecified atom stereocenters. The van der Waals surface area contributed by atoms with Crippen LogP contribution in [0.15, 0.2) is 22.7 Å². The van der Waals surface area contributed by atoms with Gasteiger partial charge in [0.25, 0.3) is 0 Å². The van der Waals surface area contributed by atoms with Gasteiger partial charge in [0.05, 0.1) is 6.10 Å². The molecule has 3 nitrogen and oxygen atoms in total. The first-order valence-corrected chi connectivity index (χ1v) is 8.20. The number of hydrogen-bond donors (Lipinski definition) is 1. The van der Waals surface area contributed by atoms with Gasteiger partial charge >= 0.3 is 0 Å². The van der Waals surface area contributed by atoms with Gasteiger partial charge in [0.15, 0.2) is 0 Å². The third-order valence-electron chi connectivity index (χ3n) is 3.53. The van der Waals surface area contributed by atoms with Crippen molar-refractivity contribution in [2.45, 2.75) is 38.7 Å². The van der Waals surface area contributed by atoms with Gasteiger partial charge in [-0.3, -0.25) is 0 Å². The number of halogens is 1.